The number of nitrogens with one attached hydrogen (secondary N) is 1. The van der Waals surface area contributed by atoms with Gasteiger partial charge in [0.2, 0.25) is 0 Å². The fourth-order valence-corrected chi connectivity index (χ4v) is 3.82. The topological polar surface area (TPSA) is 106 Å². The van der Waals surface area contributed by atoms with E-state index in [1.54, 1.807) is 6.07 Å². The monoisotopic (exact) mass is 440 g/mol. The van der Waals surface area contributed by atoms with Gasteiger partial charge < -0.3 is 5.32 Å². The van der Waals surface area contributed by atoms with Crippen molar-refractivity contribution in [3.8, 4) is 5.69 Å². The molecule has 160 valence electrons. The summed E-state index contributed by atoms with van der Waals surface area (Å²) in [5.74, 6) is -0.315. The number of amides is 1. The van der Waals surface area contributed by atoms with Crippen molar-refractivity contribution in [2.45, 2.75) is 25.4 Å². The van der Waals surface area contributed by atoms with Crippen LogP contribution in [0.15, 0.2) is 55.1 Å². The largest absolute Gasteiger partial charge is 0.349 e. The number of likely N-dealkylation sites (tertiary alicyclic amines) is 1. The van der Waals surface area contributed by atoms with E-state index in [2.05, 4.69) is 20.3 Å². The lowest BCUT2D eigenvalue weighted by Gasteiger charge is -2.32. The summed E-state index contributed by atoms with van der Waals surface area (Å²) in [6.45, 7) is 2.56. The van der Waals surface area contributed by atoms with Crippen molar-refractivity contribution >= 4 is 23.2 Å². The zero-order chi connectivity index (χ0) is 21.8. The summed E-state index contributed by atoms with van der Waals surface area (Å²) in [6.07, 6.45) is 4.31. The van der Waals surface area contributed by atoms with Crippen LogP contribution < -0.4 is 5.32 Å². The van der Waals surface area contributed by atoms with Gasteiger partial charge in [-0.25, -0.2) is 9.67 Å². The van der Waals surface area contributed by atoms with Gasteiger partial charge in [-0.05, 0) is 42.7 Å². The lowest BCUT2D eigenvalue weighted by molar-refractivity contribution is -0.384. The minimum atomic E-state index is -0.525. The van der Waals surface area contributed by atoms with Gasteiger partial charge in [0.1, 0.15) is 18.3 Å². The smallest absolute Gasteiger partial charge is 0.295 e. The molecule has 2 heterocycles. The maximum Gasteiger partial charge on any atom is 0.295 e. The van der Waals surface area contributed by atoms with Crippen LogP contribution >= 0.6 is 11.6 Å². The highest BCUT2D eigenvalue weighted by atomic mass is 35.5. The van der Waals surface area contributed by atoms with Crippen LogP contribution in [0, 0.1) is 10.1 Å². The zero-order valence-corrected chi connectivity index (χ0v) is 17.4. The number of hydrogen-bond donors (Lipinski definition) is 1. The van der Waals surface area contributed by atoms with Crippen molar-refractivity contribution in [1.29, 1.82) is 0 Å². The van der Waals surface area contributed by atoms with E-state index in [4.69, 9.17) is 11.6 Å². The lowest BCUT2D eigenvalue weighted by Crippen LogP contribution is -2.44. The van der Waals surface area contributed by atoms with Gasteiger partial charge in [-0.2, -0.15) is 5.10 Å². The van der Waals surface area contributed by atoms with E-state index in [1.165, 1.54) is 35.0 Å². The summed E-state index contributed by atoms with van der Waals surface area (Å²) >= 11 is 5.94. The van der Waals surface area contributed by atoms with Crippen molar-refractivity contribution in [3.63, 3.8) is 0 Å². The van der Waals surface area contributed by atoms with Crippen molar-refractivity contribution < 1.29 is 9.72 Å². The van der Waals surface area contributed by atoms with Crippen LogP contribution in [-0.4, -0.2) is 49.6 Å². The normalized spacial score (nSPS) is 15.0. The van der Waals surface area contributed by atoms with Crippen LogP contribution in [0.1, 0.15) is 28.8 Å². The molecule has 31 heavy (non-hydrogen) atoms. The van der Waals surface area contributed by atoms with E-state index in [0.29, 0.717) is 0 Å². The minimum absolute atomic E-state index is 0.0306. The third-order valence-corrected chi connectivity index (χ3v) is 5.59. The molecule has 10 heteroatoms. The van der Waals surface area contributed by atoms with Crippen LogP contribution in [0.3, 0.4) is 0 Å². The molecule has 1 aromatic heterocycles. The zero-order valence-electron chi connectivity index (χ0n) is 16.6. The summed E-state index contributed by atoms with van der Waals surface area (Å²) < 4.78 is 1.30. The summed E-state index contributed by atoms with van der Waals surface area (Å²) in [5, 5.41) is 19.1. The molecule has 0 spiro atoms. The minimum Gasteiger partial charge on any atom is -0.349 e. The molecular weight excluding hydrogens is 420 g/mol. The van der Waals surface area contributed by atoms with E-state index >= 15 is 0 Å². The maximum absolute atomic E-state index is 12.7. The van der Waals surface area contributed by atoms with Crippen molar-refractivity contribution in [3.05, 3.63) is 81.4 Å². The first-order valence-corrected chi connectivity index (χ1v) is 10.3. The van der Waals surface area contributed by atoms with Gasteiger partial charge in [0.25, 0.3) is 11.6 Å². The number of hydrogen-bond acceptors (Lipinski definition) is 6. The molecular formula is C21H21ClN6O3. The molecule has 1 aliphatic heterocycles. The van der Waals surface area contributed by atoms with Crippen molar-refractivity contribution in [2.24, 2.45) is 0 Å². The van der Waals surface area contributed by atoms with Gasteiger partial charge in [-0.15, -0.1) is 0 Å². The molecule has 1 saturated heterocycles. The van der Waals surface area contributed by atoms with Gasteiger partial charge in [-0.1, -0.05) is 23.7 Å². The molecule has 4 rings (SSSR count). The Morgan fingerprint density at radius 2 is 1.94 bits per heavy atom. The average molecular weight is 441 g/mol. The Labute approximate surface area is 183 Å². The van der Waals surface area contributed by atoms with Gasteiger partial charge in [0.05, 0.1) is 4.92 Å². The van der Waals surface area contributed by atoms with Crippen LogP contribution in [0.2, 0.25) is 5.02 Å². The summed E-state index contributed by atoms with van der Waals surface area (Å²) in [5.41, 5.74) is 1.51. The lowest BCUT2D eigenvalue weighted by atomic mass is 10.0. The fourth-order valence-electron chi connectivity index (χ4n) is 3.69. The van der Waals surface area contributed by atoms with Crippen LogP contribution in [0.5, 0.6) is 0 Å². The summed E-state index contributed by atoms with van der Waals surface area (Å²) in [4.78, 5) is 29.8. The maximum atomic E-state index is 12.7. The Morgan fingerprint density at radius 1 is 1.19 bits per heavy atom. The number of piperidine rings is 1. The Morgan fingerprint density at radius 3 is 2.58 bits per heavy atom. The molecule has 9 nitrogen and oxygen atoms in total. The van der Waals surface area contributed by atoms with Crippen LogP contribution in [-0.2, 0) is 6.54 Å². The first-order valence-electron chi connectivity index (χ1n) is 9.91. The number of nitro benzene ring substituents is 1. The molecule has 1 amide bonds. The second-order valence-corrected chi connectivity index (χ2v) is 7.89. The van der Waals surface area contributed by atoms with Crippen LogP contribution in [0.25, 0.3) is 5.69 Å². The molecule has 1 N–H and O–H groups in total. The number of benzene rings is 2. The standard InChI is InChI=1S/C21H21ClN6O3/c22-17-4-1-15(2-5-17)12-26-9-7-18(8-10-26)25-21(29)16-3-6-19(20(11-16)28(30)31)27-14-23-13-24-27/h1-6,11,13-14,18H,7-10,12H2,(H,25,29). The van der Waals surface area contributed by atoms with E-state index < -0.39 is 4.92 Å². The van der Waals surface area contributed by atoms with Crippen molar-refractivity contribution in [2.75, 3.05) is 13.1 Å². The van der Waals surface area contributed by atoms with E-state index in [-0.39, 0.29) is 28.9 Å². The van der Waals surface area contributed by atoms with Gasteiger partial charge in [0, 0.05) is 42.3 Å². The molecule has 0 radical (unpaired) electrons. The molecule has 0 aliphatic carbocycles. The third-order valence-electron chi connectivity index (χ3n) is 5.34. The van der Waals surface area contributed by atoms with Gasteiger partial charge in [-0.3, -0.25) is 19.8 Å². The average Bonchev–Trinajstić information content (AvgIpc) is 3.31. The third kappa shape index (κ3) is 5.07. The molecule has 1 aliphatic rings. The number of rotatable bonds is 6. The number of halogens is 1. The van der Waals surface area contributed by atoms with E-state index in [0.717, 1.165) is 37.5 Å². The first-order chi connectivity index (χ1) is 15.0. The van der Waals surface area contributed by atoms with Crippen molar-refractivity contribution in [1.82, 2.24) is 25.0 Å². The van der Waals surface area contributed by atoms with Gasteiger partial charge >= 0.3 is 0 Å². The number of carbonyl (C=O) groups is 1. The second kappa shape index (κ2) is 9.23. The highest BCUT2D eigenvalue weighted by Gasteiger charge is 2.23. The fraction of sp³-hybridized carbons (Fsp3) is 0.286. The summed E-state index contributed by atoms with van der Waals surface area (Å²) in [7, 11) is 0. The SMILES string of the molecule is O=C(NC1CCN(Cc2ccc(Cl)cc2)CC1)c1ccc(-n2cncn2)c([N+](=O)[O-])c1. The summed E-state index contributed by atoms with van der Waals surface area (Å²) in [6, 6.07) is 12.2. The predicted octanol–water partition coefficient (Wildman–Crippen LogP) is 3.22. The van der Waals surface area contributed by atoms with E-state index in [9.17, 15) is 14.9 Å². The number of aromatic nitrogens is 3. The molecule has 0 saturated carbocycles. The Bertz CT molecular complexity index is 1060. The highest BCUT2D eigenvalue weighted by molar-refractivity contribution is 6.30. The number of nitrogens with zero attached hydrogens (tertiary/aromatic N) is 5. The Kier molecular flexibility index (Phi) is 6.24. The molecule has 0 bridgehead atoms. The molecule has 0 unspecified atom stereocenters. The van der Waals surface area contributed by atoms with E-state index in [1.807, 2.05) is 24.3 Å². The number of nitro groups is 1. The predicted molar refractivity (Wildman–Crippen MR) is 115 cm³/mol. The number of carbonyl (C=O) groups excluding carboxylic acids is 1. The Hall–Kier alpha value is -3.30. The quantitative estimate of drug-likeness (QED) is 0.466. The van der Waals surface area contributed by atoms with Crippen LogP contribution in [0.4, 0.5) is 5.69 Å². The second-order valence-electron chi connectivity index (χ2n) is 7.45. The molecule has 3 aromatic rings. The molecule has 1 fully saturated rings. The first kappa shape index (κ1) is 21.0. The van der Waals surface area contributed by atoms with Gasteiger partial charge in [0.15, 0.2) is 0 Å². The highest BCUT2D eigenvalue weighted by Crippen LogP contribution is 2.24. The molecule has 0 atom stereocenters. The molecule has 2 aromatic carbocycles. The Balaban J connectivity index is 1.36.